The van der Waals surface area contributed by atoms with Crippen LogP contribution in [0.1, 0.15) is 101 Å². The van der Waals surface area contributed by atoms with Gasteiger partial charge in [-0.2, -0.15) is 0 Å². The highest BCUT2D eigenvalue weighted by Crippen LogP contribution is 2.45. The summed E-state index contributed by atoms with van der Waals surface area (Å²) >= 11 is 0. The van der Waals surface area contributed by atoms with Crippen LogP contribution in [-0.4, -0.2) is 0 Å². The summed E-state index contributed by atoms with van der Waals surface area (Å²) in [6, 6.07) is 1.97. The fourth-order valence-electron chi connectivity index (χ4n) is 6.93. The van der Waals surface area contributed by atoms with Gasteiger partial charge in [0.25, 0.3) is 0 Å². The van der Waals surface area contributed by atoms with Crippen LogP contribution < -0.4 is 0 Å². The van der Waals surface area contributed by atoms with Crippen molar-refractivity contribution in [2.75, 3.05) is 0 Å². The third-order valence-electron chi connectivity index (χ3n) is 8.86. The molecule has 2 saturated carbocycles. The van der Waals surface area contributed by atoms with Crippen molar-refractivity contribution in [2.45, 2.75) is 104 Å². The van der Waals surface area contributed by atoms with Crippen LogP contribution in [0, 0.1) is 41.2 Å². The van der Waals surface area contributed by atoms with Crippen LogP contribution in [-0.2, 0) is 19.3 Å². The van der Waals surface area contributed by atoms with Gasteiger partial charge in [0.1, 0.15) is 0 Å². The van der Waals surface area contributed by atoms with E-state index in [-0.39, 0.29) is 0 Å². The van der Waals surface area contributed by atoms with E-state index in [1.165, 1.54) is 64.2 Å². The summed E-state index contributed by atoms with van der Waals surface area (Å²) in [6.07, 6.45) is 16.9. The van der Waals surface area contributed by atoms with E-state index in [1.54, 1.807) is 0 Å². The fourth-order valence-corrected chi connectivity index (χ4v) is 6.93. The van der Waals surface area contributed by atoms with E-state index in [9.17, 15) is 8.78 Å². The zero-order valence-electron chi connectivity index (χ0n) is 18.6. The van der Waals surface area contributed by atoms with E-state index in [0.717, 1.165) is 48.5 Å². The highest BCUT2D eigenvalue weighted by Gasteiger charge is 2.35. The van der Waals surface area contributed by atoms with E-state index in [1.807, 2.05) is 13.0 Å². The van der Waals surface area contributed by atoms with E-state index in [0.29, 0.717) is 23.5 Å². The maximum Gasteiger partial charge on any atom is 0.162 e. The normalized spacial score (nSPS) is 32.8. The molecule has 0 aromatic heterocycles. The predicted molar refractivity (Wildman–Crippen MR) is 117 cm³/mol. The Bertz CT molecular complexity index is 678. The lowest BCUT2D eigenvalue weighted by molar-refractivity contribution is 0.119. The van der Waals surface area contributed by atoms with Crippen molar-refractivity contribution >= 4 is 0 Å². The molecule has 0 nitrogen and oxygen atoms in total. The summed E-state index contributed by atoms with van der Waals surface area (Å²) < 4.78 is 29.3. The topological polar surface area (TPSA) is 0 Å². The molecule has 1 unspecified atom stereocenters. The number of hydrogen-bond donors (Lipinski definition) is 0. The van der Waals surface area contributed by atoms with Gasteiger partial charge in [-0.15, -0.1) is 0 Å². The second-order valence-electron chi connectivity index (χ2n) is 10.4. The molecule has 0 heterocycles. The van der Waals surface area contributed by atoms with Crippen LogP contribution in [0.3, 0.4) is 0 Å². The molecule has 29 heavy (non-hydrogen) atoms. The number of fused-ring (bicyclic) bond motifs is 1. The van der Waals surface area contributed by atoms with Crippen molar-refractivity contribution in [1.82, 2.24) is 0 Å². The van der Waals surface area contributed by atoms with Crippen LogP contribution in [0.5, 0.6) is 0 Å². The highest BCUT2D eigenvalue weighted by atomic mass is 19.2. The molecule has 2 heteroatoms. The smallest absolute Gasteiger partial charge is 0.162 e. The molecule has 0 spiro atoms. The van der Waals surface area contributed by atoms with Crippen LogP contribution in [0.25, 0.3) is 0 Å². The molecule has 0 aliphatic heterocycles. The molecule has 3 aliphatic rings. The Labute approximate surface area is 176 Å². The number of hydrogen-bond acceptors (Lipinski definition) is 0. The Morgan fingerprint density at radius 3 is 1.93 bits per heavy atom. The quantitative estimate of drug-likeness (QED) is 0.467. The molecule has 0 amide bonds. The van der Waals surface area contributed by atoms with Crippen LogP contribution in [0.2, 0.25) is 0 Å². The average Bonchev–Trinajstić information content (AvgIpc) is 2.77. The van der Waals surface area contributed by atoms with E-state index >= 15 is 0 Å². The summed E-state index contributed by atoms with van der Waals surface area (Å²) in [6.45, 7) is 4.37. The van der Waals surface area contributed by atoms with Gasteiger partial charge in [0.15, 0.2) is 11.6 Å². The third-order valence-corrected chi connectivity index (χ3v) is 8.86. The third kappa shape index (κ3) is 4.57. The zero-order chi connectivity index (χ0) is 20.4. The number of benzene rings is 1. The van der Waals surface area contributed by atoms with Crippen molar-refractivity contribution in [3.8, 4) is 0 Å². The molecule has 3 aliphatic carbocycles. The summed E-state index contributed by atoms with van der Waals surface area (Å²) in [5, 5.41) is 0. The first-order valence-corrected chi connectivity index (χ1v) is 12.6. The molecule has 1 aromatic carbocycles. The standard InChI is InChI=1S/C27H40F2/c1-3-5-24-16-23-15-14-22(17-25(23)27(29)26(24)28)21-12-10-20(11-13-21)19-8-6-18(4-2)7-9-19/h16,18-22H,3-15,17H2,1-2H3. The number of rotatable bonds is 5. The molecule has 4 rings (SSSR count). The molecule has 2 fully saturated rings. The van der Waals surface area contributed by atoms with Crippen LogP contribution in [0.15, 0.2) is 6.07 Å². The van der Waals surface area contributed by atoms with Crippen molar-refractivity contribution in [3.05, 3.63) is 34.4 Å². The van der Waals surface area contributed by atoms with E-state index < -0.39 is 11.6 Å². The number of halogens is 2. The molecular weight excluding hydrogens is 362 g/mol. The molecule has 0 bridgehead atoms. The Morgan fingerprint density at radius 2 is 1.34 bits per heavy atom. The zero-order valence-corrected chi connectivity index (χ0v) is 18.6. The molecular formula is C27H40F2. The van der Waals surface area contributed by atoms with Gasteiger partial charge in [-0.25, -0.2) is 8.78 Å². The Hall–Kier alpha value is -0.920. The summed E-state index contributed by atoms with van der Waals surface area (Å²) in [5.74, 6) is 3.07. The summed E-state index contributed by atoms with van der Waals surface area (Å²) in [4.78, 5) is 0. The van der Waals surface area contributed by atoms with Gasteiger partial charge in [-0.3, -0.25) is 0 Å². The van der Waals surface area contributed by atoms with Gasteiger partial charge in [0, 0.05) is 0 Å². The minimum absolute atomic E-state index is 0.531. The Kier molecular flexibility index (Phi) is 6.97. The Morgan fingerprint density at radius 1 is 0.759 bits per heavy atom. The lowest BCUT2D eigenvalue weighted by Gasteiger charge is -2.41. The fraction of sp³-hybridized carbons (Fsp3) is 0.778. The van der Waals surface area contributed by atoms with Gasteiger partial charge in [-0.05, 0) is 110 Å². The lowest BCUT2D eigenvalue weighted by atomic mass is 9.65. The van der Waals surface area contributed by atoms with Gasteiger partial charge in [0.05, 0.1) is 0 Å². The van der Waals surface area contributed by atoms with Gasteiger partial charge >= 0.3 is 0 Å². The first kappa shape index (κ1) is 21.3. The molecule has 1 aromatic rings. The monoisotopic (exact) mass is 402 g/mol. The summed E-state index contributed by atoms with van der Waals surface area (Å²) in [5.41, 5.74) is 2.38. The van der Waals surface area contributed by atoms with Gasteiger partial charge in [-0.1, -0.05) is 45.6 Å². The van der Waals surface area contributed by atoms with Gasteiger partial charge in [0.2, 0.25) is 0 Å². The minimum Gasteiger partial charge on any atom is -0.203 e. The van der Waals surface area contributed by atoms with E-state index in [4.69, 9.17) is 0 Å². The molecule has 1 atom stereocenters. The first-order valence-electron chi connectivity index (χ1n) is 12.6. The average molecular weight is 403 g/mol. The maximum atomic E-state index is 14.8. The first-order chi connectivity index (χ1) is 14.1. The molecule has 0 radical (unpaired) electrons. The minimum atomic E-state index is -0.572. The molecule has 0 saturated heterocycles. The largest absolute Gasteiger partial charge is 0.203 e. The molecule has 0 N–H and O–H groups in total. The second kappa shape index (κ2) is 9.48. The van der Waals surface area contributed by atoms with Crippen LogP contribution in [0.4, 0.5) is 8.78 Å². The predicted octanol–water partition coefficient (Wildman–Crippen LogP) is 8.05. The second-order valence-corrected chi connectivity index (χ2v) is 10.4. The SMILES string of the molecule is CCCc1cc2c(c(F)c1F)CC(C1CCC(C3CCC(CC)CC3)CC1)CC2. The van der Waals surface area contributed by atoms with E-state index in [2.05, 4.69) is 6.92 Å². The number of aryl methyl sites for hydroxylation is 2. The van der Waals surface area contributed by atoms with Gasteiger partial charge < -0.3 is 0 Å². The highest BCUT2D eigenvalue weighted by molar-refractivity contribution is 5.37. The van der Waals surface area contributed by atoms with Crippen molar-refractivity contribution < 1.29 is 8.78 Å². The van der Waals surface area contributed by atoms with Crippen molar-refractivity contribution in [2.24, 2.45) is 29.6 Å². The summed E-state index contributed by atoms with van der Waals surface area (Å²) in [7, 11) is 0. The maximum absolute atomic E-state index is 14.8. The molecule has 162 valence electrons. The van der Waals surface area contributed by atoms with Crippen molar-refractivity contribution in [3.63, 3.8) is 0 Å². The van der Waals surface area contributed by atoms with Crippen molar-refractivity contribution in [1.29, 1.82) is 0 Å². The Balaban J connectivity index is 1.34. The lowest BCUT2D eigenvalue weighted by Crippen LogP contribution is -2.30. The van der Waals surface area contributed by atoms with Crippen LogP contribution >= 0.6 is 0 Å².